The van der Waals surface area contributed by atoms with Crippen molar-refractivity contribution in [2.24, 2.45) is 11.3 Å². The molecule has 2 aliphatic carbocycles. The van der Waals surface area contributed by atoms with Crippen molar-refractivity contribution in [2.75, 3.05) is 17.7 Å². The summed E-state index contributed by atoms with van der Waals surface area (Å²) in [5.41, 5.74) is 7.70. The summed E-state index contributed by atoms with van der Waals surface area (Å²) in [5.74, 6) is 1.50. The average Bonchev–Trinajstić information content (AvgIpc) is 2.80. The number of aromatic nitrogens is 4. The van der Waals surface area contributed by atoms with Crippen molar-refractivity contribution in [3.63, 3.8) is 0 Å². The number of hydrogen-bond donors (Lipinski definition) is 1. The molecule has 0 radical (unpaired) electrons. The van der Waals surface area contributed by atoms with Crippen LogP contribution in [0, 0.1) is 15.2 Å². The normalized spacial score (nSPS) is 38.1. The Morgan fingerprint density at radius 2 is 2.20 bits per heavy atom. The van der Waals surface area contributed by atoms with Crippen molar-refractivity contribution in [3.05, 3.63) is 10.2 Å². The van der Waals surface area contributed by atoms with Gasteiger partial charge in [0, 0.05) is 33.8 Å². The molecule has 2 aromatic heterocycles. The van der Waals surface area contributed by atoms with Crippen molar-refractivity contribution in [2.45, 2.75) is 44.3 Å². The topological polar surface area (TPSA) is 88.1 Å². The summed E-state index contributed by atoms with van der Waals surface area (Å²) in [6, 6.07) is 0.175. The van der Waals surface area contributed by atoms with Crippen molar-refractivity contribution in [1.29, 1.82) is 0 Å². The molecular weight excluding hydrogens is 453 g/mol. The van der Waals surface area contributed by atoms with Crippen LogP contribution in [0.3, 0.4) is 0 Å². The van der Waals surface area contributed by atoms with Gasteiger partial charge in [-0.25, -0.2) is 15.0 Å². The minimum Gasteiger partial charge on any atom is -0.382 e. The zero-order valence-electron chi connectivity index (χ0n) is 14.3. The number of nitrogens with zero attached hydrogens (tertiary/aromatic N) is 4. The minimum absolute atomic E-state index is 0.0205. The molecule has 3 fully saturated rings. The van der Waals surface area contributed by atoms with Crippen LogP contribution in [0.4, 0.5) is 5.82 Å². The number of anilines is 1. The highest BCUT2D eigenvalue weighted by Crippen LogP contribution is 2.72. The Labute approximate surface area is 163 Å². The summed E-state index contributed by atoms with van der Waals surface area (Å²) < 4.78 is 15.5. The van der Waals surface area contributed by atoms with Crippen molar-refractivity contribution in [1.82, 2.24) is 19.5 Å². The lowest BCUT2D eigenvalue weighted by atomic mass is 10.0. The van der Waals surface area contributed by atoms with Gasteiger partial charge >= 0.3 is 0 Å². The number of rotatable bonds is 3. The van der Waals surface area contributed by atoms with Gasteiger partial charge in [-0.3, -0.25) is 0 Å². The molecule has 0 unspecified atom stereocenters. The lowest BCUT2D eigenvalue weighted by molar-refractivity contribution is -0.160. The van der Waals surface area contributed by atoms with E-state index >= 15 is 0 Å². The molecule has 0 bridgehead atoms. The monoisotopic (exact) mass is 473 g/mol. The van der Waals surface area contributed by atoms with E-state index in [1.165, 1.54) is 0 Å². The second-order valence-electron chi connectivity index (χ2n) is 7.69. The summed E-state index contributed by atoms with van der Waals surface area (Å²) in [6.07, 6.45) is 5.32. The Balaban J connectivity index is 1.63. The van der Waals surface area contributed by atoms with Gasteiger partial charge in [-0.2, -0.15) is 11.8 Å². The van der Waals surface area contributed by atoms with Crippen LogP contribution in [-0.2, 0) is 9.47 Å². The molecule has 2 aromatic rings. The van der Waals surface area contributed by atoms with Crippen LogP contribution in [0.2, 0.25) is 0 Å². The number of imidazole rings is 1. The van der Waals surface area contributed by atoms with Gasteiger partial charge in [0.15, 0.2) is 21.1 Å². The third kappa shape index (κ3) is 2.21. The van der Waals surface area contributed by atoms with Gasteiger partial charge in [0.2, 0.25) is 0 Å². The van der Waals surface area contributed by atoms with Gasteiger partial charge in [-0.15, -0.1) is 0 Å². The molecule has 2 N–H and O–H groups in total. The van der Waals surface area contributed by atoms with Crippen LogP contribution in [-0.4, -0.2) is 49.5 Å². The largest absolute Gasteiger partial charge is 0.382 e. The van der Waals surface area contributed by atoms with E-state index in [0.29, 0.717) is 21.1 Å². The Hall–Kier alpha value is -0.650. The fourth-order valence-electron chi connectivity index (χ4n) is 4.85. The fraction of sp³-hybridized carbons (Fsp3) is 0.688. The number of nitrogen functional groups attached to an aromatic ring is 1. The molecule has 1 saturated heterocycles. The molecule has 25 heavy (non-hydrogen) atoms. The second kappa shape index (κ2) is 5.20. The maximum absolute atomic E-state index is 6.34. The van der Waals surface area contributed by atoms with Crippen molar-refractivity contribution < 1.29 is 9.47 Å². The molecule has 3 heterocycles. The third-order valence-corrected chi connectivity index (χ3v) is 7.09. The lowest BCUT2D eigenvalue weighted by Gasteiger charge is -2.24. The Morgan fingerprint density at radius 3 is 2.96 bits per heavy atom. The van der Waals surface area contributed by atoms with Crippen LogP contribution >= 0.6 is 34.4 Å². The molecule has 9 heteroatoms. The molecule has 5 atom stereocenters. The van der Waals surface area contributed by atoms with E-state index in [2.05, 4.69) is 48.4 Å². The molecular formula is C16H20IN5O2S. The van der Waals surface area contributed by atoms with E-state index in [1.54, 1.807) is 0 Å². The maximum atomic E-state index is 6.34. The van der Waals surface area contributed by atoms with Gasteiger partial charge in [0.25, 0.3) is 0 Å². The SMILES string of the molecule is CSC[C@@]12C[C@@H]1[C@@H](n1cnc3c(N)nc(I)nc31)[C@@H]1OC(C)(C)O[C@@H]12. The molecule has 0 spiro atoms. The van der Waals surface area contributed by atoms with Crippen LogP contribution in [0.1, 0.15) is 26.3 Å². The van der Waals surface area contributed by atoms with Crippen LogP contribution < -0.4 is 5.73 Å². The fourth-order valence-corrected chi connectivity index (χ4v) is 6.37. The first-order chi connectivity index (χ1) is 11.9. The minimum atomic E-state index is -0.550. The lowest BCUT2D eigenvalue weighted by Crippen LogP contribution is -2.32. The zero-order valence-corrected chi connectivity index (χ0v) is 17.2. The van der Waals surface area contributed by atoms with E-state index in [-0.39, 0.29) is 23.7 Å². The molecule has 0 aromatic carbocycles. The smallest absolute Gasteiger partial charge is 0.194 e. The molecule has 3 aliphatic rings. The second-order valence-corrected chi connectivity index (χ2v) is 9.52. The molecule has 1 aliphatic heterocycles. The average molecular weight is 473 g/mol. The highest BCUT2D eigenvalue weighted by Gasteiger charge is 2.75. The number of ether oxygens (including phenoxy) is 2. The van der Waals surface area contributed by atoms with Crippen LogP contribution in [0.5, 0.6) is 0 Å². The van der Waals surface area contributed by atoms with Gasteiger partial charge in [-0.1, -0.05) is 0 Å². The van der Waals surface area contributed by atoms with Gasteiger partial charge in [0.1, 0.15) is 11.6 Å². The summed E-state index contributed by atoms with van der Waals surface area (Å²) in [4.78, 5) is 13.3. The maximum Gasteiger partial charge on any atom is 0.194 e. The zero-order chi connectivity index (χ0) is 17.6. The quantitative estimate of drug-likeness (QED) is 0.541. The van der Waals surface area contributed by atoms with E-state index in [1.807, 2.05) is 31.9 Å². The summed E-state index contributed by atoms with van der Waals surface area (Å²) >= 11 is 3.99. The van der Waals surface area contributed by atoms with Gasteiger partial charge in [0.05, 0.1) is 18.5 Å². The first-order valence-electron chi connectivity index (χ1n) is 8.36. The number of thioether (sulfide) groups is 1. The summed E-state index contributed by atoms with van der Waals surface area (Å²) in [7, 11) is 0. The molecule has 0 amide bonds. The first kappa shape index (κ1) is 16.5. The Morgan fingerprint density at radius 1 is 1.40 bits per heavy atom. The van der Waals surface area contributed by atoms with E-state index < -0.39 is 5.79 Å². The standard InChI is InChI=1S/C16H20IN5O2S/c1-15(2)23-10-9(7-4-16(7,5-25-3)11(10)24-15)22-6-19-8-12(18)20-14(17)21-13(8)22/h6-7,9-11H,4-5H2,1-3H3,(H2,18,20,21)/t7-,9-,10+,11+,16+/m1/s1. The number of hydrogen-bond acceptors (Lipinski definition) is 7. The predicted molar refractivity (Wildman–Crippen MR) is 104 cm³/mol. The van der Waals surface area contributed by atoms with E-state index in [9.17, 15) is 0 Å². The summed E-state index contributed by atoms with van der Waals surface area (Å²) in [6.45, 7) is 4.00. The van der Waals surface area contributed by atoms with E-state index in [4.69, 9.17) is 15.2 Å². The third-order valence-electron chi connectivity index (χ3n) is 5.78. The van der Waals surface area contributed by atoms with Gasteiger partial charge in [-0.05, 0) is 32.4 Å². The predicted octanol–water partition coefficient (Wildman–Crippen LogP) is 2.46. The number of halogens is 1. The molecule has 5 rings (SSSR count). The number of nitrogens with two attached hydrogens (primary N) is 1. The molecule has 134 valence electrons. The number of fused-ring (bicyclic) bond motifs is 4. The molecule has 2 saturated carbocycles. The first-order valence-corrected chi connectivity index (χ1v) is 10.8. The van der Waals surface area contributed by atoms with Crippen molar-refractivity contribution in [3.8, 4) is 0 Å². The highest BCUT2D eigenvalue weighted by molar-refractivity contribution is 14.1. The summed E-state index contributed by atoms with van der Waals surface area (Å²) in [5, 5.41) is 0. The Bertz CT molecular complexity index is 874. The van der Waals surface area contributed by atoms with Gasteiger partial charge < -0.3 is 19.8 Å². The Kier molecular flexibility index (Phi) is 3.44. The van der Waals surface area contributed by atoms with Crippen LogP contribution in [0.25, 0.3) is 11.2 Å². The highest BCUT2D eigenvalue weighted by atomic mass is 127. The molecule has 7 nitrogen and oxygen atoms in total. The van der Waals surface area contributed by atoms with E-state index in [0.717, 1.165) is 17.8 Å². The van der Waals surface area contributed by atoms with Crippen molar-refractivity contribution >= 4 is 51.3 Å². The van der Waals surface area contributed by atoms with Crippen LogP contribution in [0.15, 0.2) is 6.33 Å².